The molecule has 1 aromatic rings. The van der Waals surface area contributed by atoms with Crippen LogP contribution in [0.25, 0.3) is 0 Å². The van der Waals surface area contributed by atoms with Crippen molar-refractivity contribution in [2.75, 3.05) is 29.9 Å². The number of likely N-dealkylation sites (N-methyl/N-ethyl adjacent to an activating group) is 1. The molecule has 1 N–H and O–H groups in total. The van der Waals surface area contributed by atoms with E-state index >= 15 is 0 Å². The van der Waals surface area contributed by atoms with E-state index in [1.165, 1.54) is 5.06 Å². The third kappa shape index (κ3) is 2.99. The van der Waals surface area contributed by atoms with Crippen LogP contribution in [0.3, 0.4) is 0 Å². The highest BCUT2D eigenvalue weighted by Gasteiger charge is 2.39. The Hall–Kier alpha value is -2.06. The number of amides is 1. The number of fused-ring (bicyclic) bond motifs is 1. The van der Waals surface area contributed by atoms with E-state index in [4.69, 9.17) is 21.5 Å². The first-order valence-electron chi connectivity index (χ1n) is 7.76. The number of rotatable bonds is 2. The number of piperidine rings is 1. The van der Waals surface area contributed by atoms with Crippen LogP contribution in [-0.4, -0.2) is 59.4 Å². The van der Waals surface area contributed by atoms with Crippen LogP contribution in [0.4, 0.5) is 16.3 Å². The summed E-state index contributed by atoms with van der Waals surface area (Å²) >= 11 is 6.06. The summed E-state index contributed by atoms with van der Waals surface area (Å²) < 4.78 is 0. The Labute approximate surface area is 144 Å². The molecule has 0 aromatic carbocycles. The maximum Gasteiger partial charge on any atom is 0.525 e. The van der Waals surface area contributed by atoms with Crippen molar-refractivity contribution in [3.63, 3.8) is 0 Å². The van der Waals surface area contributed by atoms with Gasteiger partial charge in [-0.15, -0.1) is 5.06 Å². The van der Waals surface area contributed by atoms with Crippen molar-refractivity contribution >= 4 is 35.2 Å². The Kier molecular flexibility index (Phi) is 4.51. The van der Waals surface area contributed by atoms with Gasteiger partial charge in [0, 0.05) is 26.2 Å². The maximum absolute atomic E-state index is 12.5. The molecule has 1 aromatic heterocycles. The summed E-state index contributed by atoms with van der Waals surface area (Å²) in [5, 5.41) is 10.5. The van der Waals surface area contributed by atoms with Crippen LogP contribution < -0.4 is 9.80 Å². The molecule has 1 saturated heterocycles. The number of hydroxylamine groups is 2. The third-order valence-electron chi connectivity index (χ3n) is 4.56. The Morgan fingerprint density at radius 3 is 2.67 bits per heavy atom. The number of aromatic nitrogens is 1. The first-order chi connectivity index (χ1) is 11.4. The third-order valence-corrected chi connectivity index (χ3v) is 4.77. The predicted octanol–water partition coefficient (Wildman–Crippen LogP) is 1.98. The second-order valence-corrected chi connectivity index (χ2v) is 6.36. The molecule has 8 nitrogen and oxygen atoms in total. The Balaban J connectivity index is 1.85. The van der Waals surface area contributed by atoms with Crippen LogP contribution in [0, 0.1) is 0 Å². The molecule has 9 heteroatoms. The monoisotopic (exact) mass is 354 g/mol. The Bertz CT molecular complexity index is 663. The minimum Gasteiger partial charge on any atom is -0.448 e. The smallest absolute Gasteiger partial charge is 0.448 e. The molecule has 1 amide bonds. The second-order valence-electron chi connectivity index (χ2n) is 5.97. The average molecular weight is 355 g/mol. The van der Waals surface area contributed by atoms with Crippen LogP contribution in [0.2, 0.25) is 5.15 Å². The lowest BCUT2D eigenvalue weighted by Gasteiger charge is -2.45. The highest BCUT2D eigenvalue weighted by atomic mass is 35.5. The number of carbonyl (C=O) groups is 2. The highest BCUT2D eigenvalue weighted by molar-refractivity contribution is 6.29. The van der Waals surface area contributed by atoms with Gasteiger partial charge >= 0.3 is 6.16 Å². The van der Waals surface area contributed by atoms with E-state index in [0.717, 1.165) is 5.69 Å². The van der Waals surface area contributed by atoms with Crippen molar-refractivity contribution in [3.8, 4) is 0 Å². The fourth-order valence-corrected chi connectivity index (χ4v) is 3.53. The lowest BCUT2D eigenvalue weighted by atomic mass is 10.00. The van der Waals surface area contributed by atoms with Crippen LogP contribution in [0.5, 0.6) is 0 Å². The van der Waals surface area contributed by atoms with Crippen LogP contribution >= 0.6 is 11.6 Å². The molecule has 3 rings (SSSR count). The first-order valence-corrected chi connectivity index (χ1v) is 8.14. The Morgan fingerprint density at radius 1 is 1.38 bits per heavy atom. The summed E-state index contributed by atoms with van der Waals surface area (Å²) in [7, 11) is 1.73. The molecule has 0 saturated carbocycles. The van der Waals surface area contributed by atoms with Gasteiger partial charge in [-0.2, -0.15) is 0 Å². The predicted molar refractivity (Wildman–Crippen MR) is 88.3 cm³/mol. The molecule has 0 aliphatic carbocycles. The van der Waals surface area contributed by atoms with Gasteiger partial charge in [0.1, 0.15) is 11.2 Å². The fourth-order valence-electron chi connectivity index (χ4n) is 3.38. The summed E-state index contributed by atoms with van der Waals surface area (Å²) in [6.07, 6.45) is 0.0280. The molecule has 1 fully saturated rings. The summed E-state index contributed by atoms with van der Waals surface area (Å²) in [6.45, 7) is 2.80. The summed E-state index contributed by atoms with van der Waals surface area (Å²) in [5.74, 6) is 0.686. The minimum absolute atomic E-state index is 0.00385. The van der Waals surface area contributed by atoms with E-state index in [9.17, 15) is 9.59 Å². The van der Waals surface area contributed by atoms with E-state index < -0.39 is 6.16 Å². The van der Waals surface area contributed by atoms with Crippen molar-refractivity contribution in [2.24, 2.45) is 0 Å². The first kappa shape index (κ1) is 16.8. The lowest BCUT2D eigenvalue weighted by Crippen LogP contribution is -2.57. The summed E-state index contributed by atoms with van der Waals surface area (Å²) in [5.41, 5.74) is 0.728. The van der Waals surface area contributed by atoms with Crippen LogP contribution in [0.15, 0.2) is 12.1 Å². The molecule has 3 heterocycles. The van der Waals surface area contributed by atoms with Crippen LogP contribution in [-0.2, 0) is 9.63 Å². The van der Waals surface area contributed by atoms with Gasteiger partial charge < -0.3 is 19.7 Å². The number of hydrogen-bond acceptors (Lipinski definition) is 6. The minimum atomic E-state index is -1.31. The summed E-state index contributed by atoms with van der Waals surface area (Å²) in [6, 6.07) is 3.17. The molecule has 1 atom stereocenters. The van der Waals surface area contributed by atoms with Gasteiger partial charge in [-0.05, 0) is 31.9 Å². The topological polar surface area (TPSA) is 86.2 Å². The zero-order valence-electron chi connectivity index (χ0n) is 13.5. The maximum atomic E-state index is 12.5. The second kappa shape index (κ2) is 6.45. The van der Waals surface area contributed by atoms with E-state index in [0.29, 0.717) is 36.9 Å². The van der Waals surface area contributed by atoms with Gasteiger partial charge in [-0.3, -0.25) is 4.79 Å². The number of nitrogens with zero attached hydrogens (tertiary/aromatic N) is 4. The number of carbonyl (C=O) groups excluding carboxylic acids is 1. The van der Waals surface area contributed by atoms with Gasteiger partial charge in [0.2, 0.25) is 5.91 Å². The largest absolute Gasteiger partial charge is 0.525 e. The van der Waals surface area contributed by atoms with Crippen molar-refractivity contribution in [1.82, 2.24) is 10.0 Å². The molecule has 2 aliphatic heterocycles. The number of hydrogen-bond donors (Lipinski definition) is 1. The van der Waals surface area contributed by atoms with E-state index in [1.807, 2.05) is 11.8 Å². The van der Waals surface area contributed by atoms with Gasteiger partial charge in [0.25, 0.3) is 0 Å². The molecule has 0 radical (unpaired) electrons. The molecule has 0 spiro atoms. The molecule has 0 unspecified atom stereocenters. The quantitative estimate of drug-likeness (QED) is 0.812. The average Bonchev–Trinajstić information content (AvgIpc) is 2.54. The zero-order valence-corrected chi connectivity index (χ0v) is 14.2. The van der Waals surface area contributed by atoms with Crippen molar-refractivity contribution in [3.05, 3.63) is 17.3 Å². The summed E-state index contributed by atoms with van der Waals surface area (Å²) in [4.78, 5) is 35.9. The standard InChI is InChI=1S/C15H19ClN4O4/c1-9-14(21)18(2)11-3-4-12(16)17-13(11)20(9)10-5-7-19(8-6-10)24-15(22)23/h3-4,9-10H,5-8H2,1-2H3,(H,22,23)/t9-/m1/s1. The van der Waals surface area contributed by atoms with E-state index in [-0.39, 0.29) is 18.0 Å². The molecule has 2 aliphatic rings. The highest BCUT2D eigenvalue weighted by Crippen LogP contribution is 2.37. The van der Waals surface area contributed by atoms with Crippen molar-refractivity contribution in [1.29, 1.82) is 0 Å². The van der Waals surface area contributed by atoms with E-state index in [2.05, 4.69) is 4.98 Å². The van der Waals surface area contributed by atoms with Gasteiger partial charge in [-0.1, -0.05) is 11.6 Å². The lowest BCUT2D eigenvalue weighted by molar-refractivity contribution is -0.132. The number of halogens is 1. The van der Waals surface area contributed by atoms with Gasteiger partial charge in [0.05, 0.1) is 5.69 Å². The molecule has 24 heavy (non-hydrogen) atoms. The molecular formula is C15H19ClN4O4. The zero-order chi connectivity index (χ0) is 17.4. The van der Waals surface area contributed by atoms with Crippen molar-refractivity contribution in [2.45, 2.75) is 31.8 Å². The molecular weight excluding hydrogens is 336 g/mol. The number of pyridine rings is 1. The van der Waals surface area contributed by atoms with Crippen LogP contribution in [0.1, 0.15) is 19.8 Å². The normalized spacial score (nSPS) is 22.5. The van der Waals surface area contributed by atoms with Gasteiger partial charge in [-0.25, -0.2) is 9.78 Å². The number of carboxylic acid groups (broad SMARTS) is 1. The Morgan fingerprint density at radius 2 is 2.04 bits per heavy atom. The van der Waals surface area contributed by atoms with Crippen molar-refractivity contribution < 1.29 is 19.5 Å². The number of anilines is 2. The SMILES string of the molecule is C[C@@H]1C(=O)N(C)c2ccc(Cl)nc2N1C1CCN(OC(=O)O)CC1. The molecule has 0 bridgehead atoms. The molecule has 130 valence electrons. The van der Waals surface area contributed by atoms with Gasteiger partial charge in [0.15, 0.2) is 5.82 Å². The van der Waals surface area contributed by atoms with E-state index in [1.54, 1.807) is 24.1 Å². The fraction of sp³-hybridized carbons (Fsp3) is 0.533.